The van der Waals surface area contributed by atoms with Crippen molar-refractivity contribution >= 4 is 18.0 Å². The van der Waals surface area contributed by atoms with Gasteiger partial charge in [0.15, 0.2) is 0 Å². The van der Waals surface area contributed by atoms with Gasteiger partial charge in [0.05, 0.1) is 6.21 Å². The number of hydrogen-bond donors (Lipinski definition) is 2. The van der Waals surface area contributed by atoms with Crippen LogP contribution in [0.4, 0.5) is 0 Å². The number of para-hydroxylation sites is 1. The molecule has 1 aliphatic rings. The molecule has 31 heavy (non-hydrogen) atoms. The van der Waals surface area contributed by atoms with Gasteiger partial charge in [-0.15, -0.1) is 6.58 Å². The molecule has 0 radical (unpaired) electrons. The monoisotopic (exact) mass is 420 g/mol. The van der Waals surface area contributed by atoms with Crippen molar-refractivity contribution in [2.45, 2.75) is 19.4 Å². The third-order valence-corrected chi connectivity index (χ3v) is 5.20. The molecule has 7 nitrogen and oxygen atoms in total. The van der Waals surface area contributed by atoms with Gasteiger partial charge in [0, 0.05) is 38.3 Å². The number of amides is 2. The van der Waals surface area contributed by atoms with Crippen LogP contribution < -0.4 is 5.43 Å². The van der Waals surface area contributed by atoms with E-state index in [0.29, 0.717) is 37.2 Å². The van der Waals surface area contributed by atoms with Gasteiger partial charge in [0.2, 0.25) is 0 Å². The molecule has 0 spiro atoms. The Morgan fingerprint density at radius 2 is 1.87 bits per heavy atom. The van der Waals surface area contributed by atoms with Gasteiger partial charge in [0.25, 0.3) is 0 Å². The fourth-order valence-electron chi connectivity index (χ4n) is 3.56. The lowest BCUT2D eigenvalue weighted by Gasteiger charge is -2.21. The number of aromatic hydroxyl groups is 1. The lowest BCUT2D eigenvalue weighted by molar-refractivity contribution is -0.145. The number of phenolic OH excluding ortho intramolecular Hbond substituents is 1. The second kappa shape index (κ2) is 11.1. The van der Waals surface area contributed by atoms with Crippen LogP contribution in [-0.2, 0) is 22.6 Å². The Bertz CT molecular complexity index is 943. The lowest BCUT2D eigenvalue weighted by atomic mass is 10.1. The van der Waals surface area contributed by atoms with Crippen LogP contribution in [0.15, 0.2) is 66.3 Å². The van der Waals surface area contributed by atoms with Crippen molar-refractivity contribution in [3.8, 4) is 5.75 Å². The highest BCUT2D eigenvalue weighted by Gasteiger charge is 2.24. The van der Waals surface area contributed by atoms with E-state index < -0.39 is 11.8 Å². The Morgan fingerprint density at radius 3 is 2.65 bits per heavy atom. The van der Waals surface area contributed by atoms with Crippen LogP contribution in [0.3, 0.4) is 0 Å². The standard InChI is InChI=1S/C24H28N4O3/c1-2-8-20-11-6-12-21(22(20)29)17-25-26-23(30)24(31)28-14-7-13-27(15-16-28)18-19-9-4-3-5-10-19/h2-6,9-12,17,29H,1,7-8,13-16,18H2,(H,26,30)/b25-17+. The molecule has 2 aromatic carbocycles. The summed E-state index contributed by atoms with van der Waals surface area (Å²) < 4.78 is 0. The minimum atomic E-state index is -0.783. The first kappa shape index (κ1) is 22.2. The first-order chi connectivity index (χ1) is 15.1. The predicted octanol–water partition coefficient (Wildman–Crippen LogP) is 2.31. The normalized spacial score (nSPS) is 14.9. The molecule has 7 heteroatoms. The lowest BCUT2D eigenvalue weighted by Crippen LogP contribution is -2.43. The molecule has 1 heterocycles. The zero-order chi connectivity index (χ0) is 22.1. The molecular formula is C24H28N4O3. The third kappa shape index (κ3) is 6.26. The summed E-state index contributed by atoms with van der Waals surface area (Å²) in [5.74, 6) is -1.30. The molecule has 0 aliphatic carbocycles. The predicted molar refractivity (Wildman–Crippen MR) is 121 cm³/mol. The number of carbonyl (C=O) groups is 2. The molecule has 2 amide bonds. The molecule has 2 aromatic rings. The van der Waals surface area contributed by atoms with E-state index in [0.717, 1.165) is 19.5 Å². The number of allylic oxidation sites excluding steroid dienone is 1. The summed E-state index contributed by atoms with van der Waals surface area (Å²) in [6.07, 6.45) is 4.35. The van der Waals surface area contributed by atoms with Crippen molar-refractivity contribution in [2.24, 2.45) is 5.10 Å². The van der Waals surface area contributed by atoms with Gasteiger partial charge in [-0.2, -0.15) is 5.10 Å². The van der Waals surface area contributed by atoms with Gasteiger partial charge < -0.3 is 10.0 Å². The maximum Gasteiger partial charge on any atom is 0.329 e. The summed E-state index contributed by atoms with van der Waals surface area (Å²) >= 11 is 0. The highest BCUT2D eigenvalue weighted by molar-refractivity contribution is 6.35. The SMILES string of the molecule is C=CCc1cccc(/C=N/NC(=O)C(=O)N2CCCN(Cc3ccccc3)CC2)c1O. The maximum atomic E-state index is 12.5. The van der Waals surface area contributed by atoms with Crippen LogP contribution in [0.25, 0.3) is 0 Å². The fraction of sp³-hybridized carbons (Fsp3) is 0.292. The molecule has 162 valence electrons. The topological polar surface area (TPSA) is 85.2 Å². The highest BCUT2D eigenvalue weighted by Crippen LogP contribution is 2.21. The zero-order valence-electron chi connectivity index (χ0n) is 17.5. The number of hydrazone groups is 1. The number of nitrogens with one attached hydrogen (secondary N) is 1. The van der Waals surface area contributed by atoms with E-state index in [9.17, 15) is 14.7 Å². The Labute approximate surface area is 182 Å². The van der Waals surface area contributed by atoms with Crippen molar-refractivity contribution in [3.05, 3.63) is 77.9 Å². The fourth-order valence-corrected chi connectivity index (χ4v) is 3.56. The molecule has 0 atom stereocenters. The number of phenols is 1. The largest absolute Gasteiger partial charge is 0.507 e. The zero-order valence-corrected chi connectivity index (χ0v) is 17.5. The summed E-state index contributed by atoms with van der Waals surface area (Å²) in [5, 5.41) is 14.1. The number of carbonyl (C=O) groups excluding carboxylic acids is 2. The van der Waals surface area contributed by atoms with E-state index in [1.165, 1.54) is 11.8 Å². The molecule has 3 rings (SSSR count). The van der Waals surface area contributed by atoms with E-state index in [-0.39, 0.29) is 5.75 Å². The summed E-state index contributed by atoms with van der Waals surface area (Å²) in [6, 6.07) is 15.4. The average Bonchev–Trinajstić information content (AvgIpc) is 3.02. The van der Waals surface area contributed by atoms with Gasteiger partial charge in [-0.05, 0) is 30.0 Å². The second-order valence-electron chi connectivity index (χ2n) is 7.45. The van der Waals surface area contributed by atoms with E-state index >= 15 is 0 Å². The summed E-state index contributed by atoms with van der Waals surface area (Å²) in [4.78, 5) is 28.6. The van der Waals surface area contributed by atoms with Gasteiger partial charge in [0.1, 0.15) is 5.75 Å². The summed E-state index contributed by atoms with van der Waals surface area (Å²) in [5.41, 5.74) is 4.67. The van der Waals surface area contributed by atoms with E-state index in [4.69, 9.17) is 0 Å². The Kier molecular flexibility index (Phi) is 7.95. The highest BCUT2D eigenvalue weighted by atomic mass is 16.3. The Balaban J connectivity index is 1.52. The minimum absolute atomic E-state index is 0.0813. The molecular weight excluding hydrogens is 392 g/mol. The Morgan fingerprint density at radius 1 is 1.06 bits per heavy atom. The average molecular weight is 421 g/mol. The van der Waals surface area contributed by atoms with Crippen molar-refractivity contribution in [3.63, 3.8) is 0 Å². The van der Waals surface area contributed by atoms with E-state index in [1.54, 1.807) is 29.2 Å². The molecule has 1 saturated heterocycles. The molecule has 2 N–H and O–H groups in total. The van der Waals surface area contributed by atoms with Gasteiger partial charge >= 0.3 is 11.8 Å². The molecule has 0 bridgehead atoms. The first-order valence-electron chi connectivity index (χ1n) is 10.4. The second-order valence-corrected chi connectivity index (χ2v) is 7.45. The van der Waals surface area contributed by atoms with Crippen LogP contribution in [-0.4, -0.2) is 59.1 Å². The van der Waals surface area contributed by atoms with Crippen LogP contribution >= 0.6 is 0 Å². The van der Waals surface area contributed by atoms with Crippen LogP contribution in [0.2, 0.25) is 0 Å². The van der Waals surface area contributed by atoms with Crippen LogP contribution in [0.5, 0.6) is 5.75 Å². The maximum absolute atomic E-state index is 12.5. The van der Waals surface area contributed by atoms with E-state index in [2.05, 4.69) is 34.1 Å². The number of hydrogen-bond acceptors (Lipinski definition) is 5. The number of rotatable bonds is 6. The van der Waals surface area contributed by atoms with Gasteiger partial charge in [-0.3, -0.25) is 14.5 Å². The molecule has 0 aromatic heterocycles. The molecule has 0 saturated carbocycles. The van der Waals surface area contributed by atoms with Crippen molar-refractivity contribution in [1.29, 1.82) is 0 Å². The van der Waals surface area contributed by atoms with Crippen molar-refractivity contribution in [2.75, 3.05) is 26.2 Å². The quantitative estimate of drug-likeness (QED) is 0.325. The number of nitrogens with zero attached hydrogens (tertiary/aromatic N) is 3. The summed E-state index contributed by atoms with van der Waals surface area (Å²) in [6.45, 7) is 7.10. The van der Waals surface area contributed by atoms with Gasteiger partial charge in [-0.1, -0.05) is 48.5 Å². The van der Waals surface area contributed by atoms with Crippen LogP contribution in [0, 0.1) is 0 Å². The van der Waals surface area contributed by atoms with E-state index in [1.807, 2.05) is 18.2 Å². The Hall–Kier alpha value is -3.45. The van der Waals surface area contributed by atoms with Crippen molar-refractivity contribution in [1.82, 2.24) is 15.2 Å². The molecule has 1 aliphatic heterocycles. The molecule has 0 unspecified atom stereocenters. The number of benzene rings is 2. The summed E-state index contributed by atoms with van der Waals surface area (Å²) in [7, 11) is 0. The van der Waals surface area contributed by atoms with Crippen molar-refractivity contribution < 1.29 is 14.7 Å². The van der Waals surface area contributed by atoms with Gasteiger partial charge in [-0.25, -0.2) is 5.43 Å². The van der Waals surface area contributed by atoms with Crippen LogP contribution in [0.1, 0.15) is 23.1 Å². The smallest absolute Gasteiger partial charge is 0.329 e. The molecule has 1 fully saturated rings. The first-order valence-corrected chi connectivity index (χ1v) is 10.4. The third-order valence-electron chi connectivity index (χ3n) is 5.20. The minimum Gasteiger partial charge on any atom is -0.507 e.